The lowest BCUT2D eigenvalue weighted by atomic mass is 10.0. The monoisotopic (exact) mass is 326 g/mol. The Balaban J connectivity index is 2.15. The van der Waals surface area contributed by atoms with E-state index in [0.717, 1.165) is 16.8 Å². The van der Waals surface area contributed by atoms with Gasteiger partial charge in [-0.15, -0.1) is 0 Å². The first kappa shape index (κ1) is 18.0. The summed E-state index contributed by atoms with van der Waals surface area (Å²) in [5.74, 6) is 0.0542. The predicted octanol–water partition coefficient (Wildman–Crippen LogP) is 3.83. The molecule has 0 fully saturated rings. The van der Waals surface area contributed by atoms with E-state index in [1.54, 1.807) is 0 Å². The molecule has 2 rings (SSSR count). The Morgan fingerprint density at radius 1 is 1.12 bits per heavy atom. The van der Waals surface area contributed by atoms with Crippen LogP contribution in [-0.4, -0.2) is 29.0 Å². The number of hydrogen-bond donors (Lipinski definition) is 2. The summed E-state index contributed by atoms with van der Waals surface area (Å²) in [5, 5.41) is 12.7. The molecule has 0 saturated heterocycles. The molecule has 0 aliphatic rings. The smallest absolute Gasteiger partial charge is 0.253 e. The summed E-state index contributed by atoms with van der Waals surface area (Å²) in [5.41, 5.74) is 3.60. The molecule has 0 aromatic heterocycles. The summed E-state index contributed by atoms with van der Waals surface area (Å²) in [4.78, 5) is 14.3. The van der Waals surface area contributed by atoms with Crippen LogP contribution in [-0.2, 0) is 6.61 Å². The Morgan fingerprint density at radius 2 is 1.83 bits per heavy atom. The Kier molecular flexibility index (Phi) is 6.38. The Hall–Kier alpha value is -2.33. The molecule has 0 aliphatic carbocycles. The van der Waals surface area contributed by atoms with Gasteiger partial charge < -0.3 is 15.3 Å². The Labute approximate surface area is 144 Å². The van der Waals surface area contributed by atoms with Gasteiger partial charge in [-0.2, -0.15) is 0 Å². The van der Waals surface area contributed by atoms with Gasteiger partial charge in [-0.3, -0.25) is 4.79 Å². The van der Waals surface area contributed by atoms with E-state index in [9.17, 15) is 9.90 Å². The topological polar surface area (TPSA) is 52.6 Å². The highest BCUT2D eigenvalue weighted by atomic mass is 16.3. The number of nitrogens with one attached hydrogen (secondary N) is 1. The number of aliphatic hydroxyl groups excluding tert-OH is 1. The van der Waals surface area contributed by atoms with E-state index in [0.29, 0.717) is 18.7 Å². The van der Waals surface area contributed by atoms with Gasteiger partial charge in [-0.25, -0.2) is 0 Å². The minimum atomic E-state index is 0.0361. The van der Waals surface area contributed by atoms with Gasteiger partial charge >= 0.3 is 0 Å². The van der Waals surface area contributed by atoms with Gasteiger partial charge in [0.05, 0.1) is 6.61 Å². The molecule has 0 bridgehead atoms. The number of hydrogen-bond acceptors (Lipinski definition) is 3. The largest absolute Gasteiger partial charge is 0.392 e. The van der Waals surface area contributed by atoms with Crippen LogP contribution in [0, 0.1) is 0 Å². The van der Waals surface area contributed by atoms with Gasteiger partial charge in [-0.1, -0.05) is 30.3 Å². The first-order chi connectivity index (χ1) is 11.6. The van der Waals surface area contributed by atoms with E-state index in [1.807, 2.05) is 67.3 Å². The molecular formula is C20H26N2O2. The Morgan fingerprint density at radius 3 is 2.50 bits per heavy atom. The van der Waals surface area contributed by atoms with Gasteiger partial charge in [0.15, 0.2) is 0 Å². The highest BCUT2D eigenvalue weighted by Crippen LogP contribution is 2.21. The van der Waals surface area contributed by atoms with Gasteiger partial charge in [0, 0.05) is 30.4 Å². The zero-order chi connectivity index (χ0) is 17.5. The summed E-state index contributed by atoms with van der Waals surface area (Å²) in [7, 11) is 0. The van der Waals surface area contributed by atoms with Crippen molar-refractivity contribution in [1.82, 2.24) is 4.90 Å². The molecule has 1 atom stereocenters. The number of nitrogens with zero attached hydrogens (tertiary/aromatic N) is 1. The minimum absolute atomic E-state index is 0.0361. The lowest BCUT2D eigenvalue weighted by molar-refractivity contribution is 0.0773. The van der Waals surface area contributed by atoms with Crippen LogP contribution < -0.4 is 5.32 Å². The van der Waals surface area contributed by atoms with Crippen molar-refractivity contribution in [2.45, 2.75) is 33.4 Å². The maximum absolute atomic E-state index is 12.5. The van der Waals surface area contributed by atoms with Crippen molar-refractivity contribution in [2.24, 2.45) is 0 Å². The van der Waals surface area contributed by atoms with Crippen LogP contribution in [0.5, 0.6) is 0 Å². The summed E-state index contributed by atoms with van der Waals surface area (Å²) in [6.07, 6.45) is 0. The lowest BCUT2D eigenvalue weighted by Crippen LogP contribution is -2.30. The van der Waals surface area contributed by atoms with Crippen molar-refractivity contribution in [3.63, 3.8) is 0 Å². The van der Waals surface area contributed by atoms with Gasteiger partial charge in [0.25, 0.3) is 5.91 Å². The number of amides is 1. The molecule has 0 spiro atoms. The maximum atomic E-state index is 12.5. The number of rotatable bonds is 7. The third-order valence-corrected chi connectivity index (χ3v) is 4.18. The predicted molar refractivity (Wildman–Crippen MR) is 98.1 cm³/mol. The summed E-state index contributed by atoms with van der Waals surface area (Å²) in [6.45, 7) is 7.48. The fourth-order valence-corrected chi connectivity index (χ4v) is 2.73. The molecule has 1 unspecified atom stereocenters. The van der Waals surface area contributed by atoms with E-state index in [-0.39, 0.29) is 18.6 Å². The molecule has 0 heterocycles. The summed E-state index contributed by atoms with van der Waals surface area (Å²) < 4.78 is 0. The molecule has 0 saturated carbocycles. The molecule has 24 heavy (non-hydrogen) atoms. The van der Waals surface area contributed by atoms with Crippen LogP contribution in [0.3, 0.4) is 0 Å². The van der Waals surface area contributed by atoms with Crippen LogP contribution in [0.4, 0.5) is 5.69 Å². The average Bonchev–Trinajstić information content (AvgIpc) is 2.63. The molecule has 2 N–H and O–H groups in total. The fraction of sp³-hybridized carbons (Fsp3) is 0.350. The maximum Gasteiger partial charge on any atom is 0.253 e. The highest BCUT2D eigenvalue weighted by Gasteiger charge is 2.13. The number of carbonyl (C=O) groups excluding carboxylic acids is 1. The normalized spacial score (nSPS) is 11.8. The first-order valence-corrected chi connectivity index (χ1v) is 8.44. The van der Waals surface area contributed by atoms with Gasteiger partial charge in [0.2, 0.25) is 0 Å². The number of anilines is 1. The van der Waals surface area contributed by atoms with E-state index < -0.39 is 0 Å². The fourth-order valence-electron chi connectivity index (χ4n) is 2.73. The van der Waals surface area contributed by atoms with Crippen molar-refractivity contribution in [1.29, 1.82) is 0 Å². The lowest BCUT2D eigenvalue weighted by Gasteiger charge is -2.20. The zero-order valence-electron chi connectivity index (χ0n) is 14.6. The molecule has 0 radical (unpaired) electrons. The van der Waals surface area contributed by atoms with Crippen molar-refractivity contribution >= 4 is 11.6 Å². The van der Waals surface area contributed by atoms with E-state index in [2.05, 4.69) is 12.2 Å². The molecule has 128 valence electrons. The quantitative estimate of drug-likeness (QED) is 0.813. The van der Waals surface area contributed by atoms with Crippen LogP contribution in [0.25, 0.3) is 0 Å². The molecule has 2 aromatic rings. The van der Waals surface area contributed by atoms with E-state index >= 15 is 0 Å². The van der Waals surface area contributed by atoms with Crippen molar-refractivity contribution in [2.75, 3.05) is 18.4 Å². The average molecular weight is 326 g/mol. The second-order valence-electron chi connectivity index (χ2n) is 5.83. The SMILES string of the molecule is CCN(CC)C(=O)c1cccc(NC(C)c2cccc(CO)c2)c1. The molecule has 0 aliphatic heterocycles. The number of benzene rings is 2. The molecule has 4 heteroatoms. The summed E-state index contributed by atoms with van der Waals surface area (Å²) >= 11 is 0. The van der Waals surface area contributed by atoms with Crippen molar-refractivity contribution < 1.29 is 9.90 Å². The van der Waals surface area contributed by atoms with Crippen LogP contribution in [0.1, 0.15) is 48.3 Å². The van der Waals surface area contributed by atoms with E-state index in [4.69, 9.17) is 0 Å². The number of carbonyl (C=O) groups is 1. The molecular weight excluding hydrogens is 300 g/mol. The zero-order valence-corrected chi connectivity index (χ0v) is 14.6. The van der Waals surface area contributed by atoms with Crippen LogP contribution >= 0.6 is 0 Å². The van der Waals surface area contributed by atoms with Crippen molar-refractivity contribution in [3.8, 4) is 0 Å². The highest BCUT2D eigenvalue weighted by molar-refractivity contribution is 5.95. The molecule has 1 amide bonds. The minimum Gasteiger partial charge on any atom is -0.392 e. The van der Waals surface area contributed by atoms with E-state index in [1.165, 1.54) is 0 Å². The second kappa shape index (κ2) is 8.50. The molecule has 2 aromatic carbocycles. The van der Waals surface area contributed by atoms with Crippen molar-refractivity contribution in [3.05, 3.63) is 65.2 Å². The summed E-state index contributed by atoms with van der Waals surface area (Å²) in [6, 6.07) is 15.6. The standard InChI is InChI=1S/C20H26N2O2/c1-4-22(5-2)20(24)18-10-7-11-19(13-18)21-15(3)17-9-6-8-16(12-17)14-23/h6-13,15,21,23H,4-5,14H2,1-3H3. The number of aliphatic hydroxyl groups is 1. The first-order valence-electron chi connectivity index (χ1n) is 8.44. The van der Waals surface area contributed by atoms with Crippen LogP contribution in [0.2, 0.25) is 0 Å². The Bertz CT molecular complexity index is 681. The van der Waals surface area contributed by atoms with Gasteiger partial charge in [-0.05, 0) is 50.1 Å². The third-order valence-electron chi connectivity index (χ3n) is 4.18. The van der Waals surface area contributed by atoms with Gasteiger partial charge in [0.1, 0.15) is 0 Å². The molecule has 4 nitrogen and oxygen atoms in total. The van der Waals surface area contributed by atoms with Crippen LogP contribution in [0.15, 0.2) is 48.5 Å². The second-order valence-corrected chi connectivity index (χ2v) is 5.83. The third kappa shape index (κ3) is 4.36.